The summed E-state index contributed by atoms with van der Waals surface area (Å²) < 4.78 is 0. The molecule has 2 aromatic heterocycles. The molecule has 8 heteroatoms. The second kappa shape index (κ2) is 6.64. The monoisotopic (exact) mass is 371 g/mol. The third-order valence-corrected chi connectivity index (χ3v) is 6.60. The van der Waals surface area contributed by atoms with Crippen molar-refractivity contribution in [2.45, 2.75) is 38.5 Å². The van der Waals surface area contributed by atoms with Crippen LogP contribution in [-0.4, -0.2) is 59.4 Å². The van der Waals surface area contributed by atoms with Crippen LogP contribution >= 0.6 is 11.3 Å². The third-order valence-electron chi connectivity index (χ3n) is 5.45. The standard InChI is InChI=1S/C18H25N7S/c1-13-12-15(23-6-2-3-7-23)20-17(19-13)24-8-10-25(11-9-24)18-22-21-16(26-18)14-4-5-14/h12,14H,2-11H2,1H3. The molecule has 0 radical (unpaired) electrons. The summed E-state index contributed by atoms with van der Waals surface area (Å²) in [4.78, 5) is 16.6. The van der Waals surface area contributed by atoms with Crippen LogP contribution in [0.15, 0.2) is 6.07 Å². The Morgan fingerprint density at radius 2 is 1.62 bits per heavy atom. The Morgan fingerprint density at radius 1 is 0.885 bits per heavy atom. The van der Waals surface area contributed by atoms with E-state index in [-0.39, 0.29) is 0 Å². The van der Waals surface area contributed by atoms with Crippen molar-refractivity contribution in [3.63, 3.8) is 0 Å². The summed E-state index contributed by atoms with van der Waals surface area (Å²) >= 11 is 1.78. The van der Waals surface area contributed by atoms with Crippen molar-refractivity contribution in [3.05, 3.63) is 16.8 Å². The molecule has 26 heavy (non-hydrogen) atoms. The lowest BCUT2D eigenvalue weighted by molar-refractivity contribution is 0.635. The Kier molecular flexibility index (Phi) is 4.15. The van der Waals surface area contributed by atoms with E-state index < -0.39 is 0 Å². The molecule has 0 N–H and O–H groups in total. The average molecular weight is 372 g/mol. The van der Waals surface area contributed by atoms with Gasteiger partial charge in [0, 0.05) is 56.9 Å². The normalized spacial score (nSPS) is 20.9. The van der Waals surface area contributed by atoms with Gasteiger partial charge >= 0.3 is 0 Å². The van der Waals surface area contributed by atoms with Crippen LogP contribution in [0.3, 0.4) is 0 Å². The minimum Gasteiger partial charge on any atom is -0.356 e. The number of anilines is 3. The number of piperazine rings is 1. The molecular formula is C18H25N7S. The molecular weight excluding hydrogens is 346 g/mol. The molecule has 0 amide bonds. The highest BCUT2D eigenvalue weighted by molar-refractivity contribution is 7.15. The summed E-state index contributed by atoms with van der Waals surface area (Å²) in [7, 11) is 0. The molecule has 0 aromatic carbocycles. The van der Waals surface area contributed by atoms with Crippen molar-refractivity contribution in [3.8, 4) is 0 Å². The fourth-order valence-electron chi connectivity index (χ4n) is 3.73. The molecule has 0 atom stereocenters. The second-order valence-corrected chi connectivity index (χ2v) is 8.52. The first-order chi connectivity index (χ1) is 12.8. The molecule has 1 saturated carbocycles. The van der Waals surface area contributed by atoms with Crippen LogP contribution in [0.1, 0.15) is 42.3 Å². The van der Waals surface area contributed by atoms with Gasteiger partial charge < -0.3 is 14.7 Å². The Balaban J connectivity index is 1.27. The lowest BCUT2D eigenvalue weighted by Crippen LogP contribution is -2.47. The first kappa shape index (κ1) is 16.2. The van der Waals surface area contributed by atoms with E-state index in [0.717, 1.165) is 61.9 Å². The molecule has 0 spiro atoms. The van der Waals surface area contributed by atoms with Gasteiger partial charge in [-0.05, 0) is 32.6 Å². The van der Waals surface area contributed by atoms with Crippen LogP contribution in [0, 0.1) is 6.92 Å². The first-order valence-corrected chi connectivity index (χ1v) is 10.5. The Labute approximate surface area is 158 Å². The van der Waals surface area contributed by atoms with Gasteiger partial charge in [0.1, 0.15) is 10.8 Å². The predicted molar refractivity (Wildman–Crippen MR) is 105 cm³/mol. The molecule has 3 aliphatic rings. The topological polar surface area (TPSA) is 61.3 Å². The molecule has 138 valence electrons. The SMILES string of the molecule is Cc1cc(N2CCCC2)nc(N2CCN(c3nnc(C4CC4)s3)CC2)n1. The van der Waals surface area contributed by atoms with Crippen molar-refractivity contribution >= 4 is 28.2 Å². The summed E-state index contributed by atoms with van der Waals surface area (Å²) in [6, 6.07) is 2.12. The largest absolute Gasteiger partial charge is 0.356 e. The van der Waals surface area contributed by atoms with Crippen molar-refractivity contribution in [2.75, 3.05) is 54.0 Å². The maximum Gasteiger partial charge on any atom is 0.227 e. The van der Waals surface area contributed by atoms with Crippen molar-refractivity contribution in [1.29, 1.82) is 0 Å². The van der Waals surface area contributed by atoms with Crippen LogP contribution in [0.2, 0.25) is 0 Å². The van der Waals surface area contributed by atoms with Gasteiger partial charge in [-0.25, -0.2) is 4.98 Å². The molecule has 0 unspecified atom stereocenters. The van der Waals surface area contributed by atoms with Gasteiger partial charge in [0.2, 0.25) is 11.1 Å². The first-order valence-electron chi connectivity index (χ1n) is 9.70. The zero-order chi connectivity index (χ0) is 17.5. The van der Waals surface area contributed by atoms with Crippen LogP contribution < -0.4 is 14.7 Å². The summed E-state index contributed by atoms with van der Waals surface area (Å²) in [5.74, 6) is 2.65. The van der Waals surface area contributed by atoms with Crippen molar-refractivity contribution < 1.29 is 0 Å². The zero-order valence-corrected chi connectivity index (χ0v) is 16.1. The molecule has 2 aliphatic heterocycles. The Morgan fingerprint density at radius 3 is 2.35 bits per heavy atom. The van der Waals surface area contributed by atoms with Crippen LogP contribution in [0.4, 0.5) is 16.9 Å². The molecule has 2 saturated heterocycles. The van der Waals surface area contributed by atoms with Gasteiger partial charge in [-0.1, -0.05) is 11.3 Å². The lowest BCUT2D eigenvalue weighted by atomic mass is 10.3. The van der Waals surface area contributed by atoms with Gasteiger partial charge in [0.05, 0.1) is 0 Å². The fourth-order valence-corrected chi connectivity index (χ4v) is 4.80. The number of nitrogens with zero attached hydrogens (tertiary/aromatic N) is 7. The van der Waals surface area contributed by atoms with E-state index in [1.807, 2.05) is 0 Å². The number of rotatable bonds is 4. The quantitative estimate of drug-likeness (QED) is 0.818. The van der Waals surface area contributed by atoms with Gasteiger partial charge in [-0.2, -0.15) is 4.98 Å². The number of hydrogen-bond donors (Lipinski definition) is 0. The van der Waals surface area contributed by atoms with Gasteiger partial charge in [-0.15, -0.1) is 10.2 Å². The van der Waals surface area contributed by atoms with E-state index in [1.165, 1.54) is 30.7 Å². The predicted octanol–water partition coefficient (Wildman–Crippen LogP) is 2.44. The van der Waals surface area contributed by atoms with Gasteiger partial charge in [0.25, 0.3) is 0 Å². The van der Waals surface area contributed by atoms with Crippen molar-refractivity contribution in [1.82, 2.24) is 20.2 Å². The van der Waals surface area contributed by atoms with E-state index >= 15 is 0 Å². The Hall–Kier alpha value is -1.96. The summed E-state index contributed by atoms with van der Waals surface area (Å²) in [5.41, 5.74) is 1.05. The maximum absolute atomic E-state index is 4.87. The number of hydrogen-bond acceptors (Lipinski definition) is 8. The molecule has 3 fully saturated rings. The smallest absolute Gasteiger partial charge is 0.227 e. The highest BCUT2D eigenvalue weighted by Gasteiger charge is 2.29. The van der Waals surface area contributed by atoms with Crippen LogP contribution in [0.25, 0.3) is 0 Å². The van der Waals surface area contributed by atoms with E-state index in [4.69, 9.17) is 9.97 Å². The van der Waals surface area contributed by atoms with Crippen LogP contribution in [-0.2, 0) is 0 Å². The van der Waals surface area contributed by atoms with Crippen molar-refractivity contribution in [2.24, 2.45) is 0 Å². The average Bonchev–Trinajstić information content (AvgIpc) is 3.17. The molecule has 5 rings (SSSR count). The maximum atomic E-state index is 4.87. The molecule has 7 nitrogen and oxygen atoms in total. The van der Waals surface area contributed by atoms with Gasteiger partial charge in [-0.3, -0.25) is 0 Å². The van der Waals surface area contributed by atoms with E-state index in [1.54, 1.807) is 11.3 Å². The summed E-state index contributed by atoms with van der Waals surface area (Å²) in [6.45, 7) is 8.07. The summed E-state index contributed by atoms with van der Waals surface area (Å²) in [6.07, 6.45) is 5.10. The van der Waals surface area contributed by atoms with E-state index in [0.29, 0.717) is 5.92 Å². The molecule has 4 heterocycles. The third kappa shape index (κ3) is 3.22. The van der Waals surface area contributed by atoms with Crippen LogP contribution in [0.5, 0.6) is 0 Å². The molecule has 1 aliphatic carbocycles. The van der Waals surface area contributed by atoms with E-state index in [9.17, 15) is 0 Å². The number of aromatic nitrogens is 4. The van der Waals surface area contributed by atoms with E-state index in [2.05, 4.69) is 37.9 Å². The van der Waals surface area contributed by atoms with Gasteiger partial charge in [0.15, 0.2) is 0 Å². The molecule has 0 bridgehead atoms. The Bertz CT molecular complexity index is 774. The highest BCUT2D eigenvalue weighted by Crippen LogP contribution is 2.42. The lowest BCUT2D eigenvalue weighted by Gasteiger charge is -2.34. The minimum atomic E-state index is 0.687. The summed E-state index contributed by atoms with van der Waals surface area (Å²) in [5, 5.41) is 11.1. The highest BCUT2D eigenvalue weighted by atomic mass is 32.1. The minimum absolute atomic E-state index is 0.687. The fraction of sp³-hybridized carbons (Fsp3) is 0.667. The number of aryl methyl sites for hydroxylation is 1. The zero-order valence-electron chi connectivity index (χ0n) is 15.3. The second-order valence-electron chi connectivity index (χ2n) is 7.53. The molecule has 2 aromatic rings.